The molecule has 2 unspecified atom stereocenters. The van der Waals surface area contributed by atoms with E-state index in [9.17, 15) is 10.2 Å². The minimum absolute atomic E-state index is 0.144. The standard InChI is InChI=1S/C18H36N2O2/c1-14(12-19-8-4-17(5-9-19)15(2)21)13-20-10-6-18(7-11-20)16(3)22/h14-18,21-22H,4-13H2,1-3H3. The van der Waals surface area contributed by atoms with Crippen molar-refractivity contribution in [2.24, 2.45) is 17.8 Å². The number of likely N-dealkylation sites (tertiary alicyclic amines) is 2. The van der Waals surface area contributed by atoms with Crippen molar-refractivity contribution in [2.75, 3.05) is 39.3 Å². The van der Waals surface area contributed by atoms with Crippen LogP contribution in [0.15, 0.2) is 0 Å². The van der Waals surface area contributed by atoms with Crippen molar-refractivity contribution in [3.05, 3.63) is 0 Å². The molecule has 22 heavy (non-hydrogen) atoms. The third kappa shape index (κ3) is 5.48. The molecule has 0 aliphatic carbocycles. The molecule has 130 valence electrons. The molecule has 2 heterocycles. The number of aliphatic hydroxyl groups excluding tert-OH is 2. The van der Waals surface area contributed by atoms with Crippen molar-refractivity contribution >= 4 is 0 Å². The zero-order chi connectivity index (χ0) is 16.1. The Morgan fingerprint density at radius 3 is 1.32 bits per heavy atom. The SMILES string of the molecule is CC(CN1CCC(C(C)O)CC1)CN1CCC(C(C)O)CC1. The Labute approximate surface area is 136 Å². The van der Waals surface area contributed by atoms with E-state index in [2.05, 4.69) is 16.7 Å². The summed E-state index contributed by atoms with van der Waals surface area (Å²) in [6.07, 6.45) is 4.28. The average Bonchev–Trinajstić information content (AvgIpc) is 2.48. The quantitative estimate of drug-likeness (QED) is 0.785. The van der Waals surface area contributed by atoms with Crippen molar-refractivity contribution in [1.82, 2.24) is 9.80 Å². The molecule has 2 N–H and O–H groups in total. The van der Waals surface area contributed by atoms with E-state index in [4.69, 9.17) is 0 Å². The second kappa shape index (κ2) is 8.62. The highest BCUT2D eigenvalue weighted by molar-refractivity contribution is 4.79. The van der Waals surface area contributed by atoms with Crippen LogP contribution < -0.4 is 0 Å². The molecule has 2 atom stereocenters. The van der Waals surface area contributed by atoms with Gasteiger partial charge in [-0.25, -0.2) is 0 Å². The molecule has 2 saturated heterocycles. The second-order valence-corrected chi connectivity index (χ2v) is 7.86. The van der Waals surface area contributed by atoms with Gasteiger partial charge < -0.3 is 20.0 Å². The fourth-order valence-corrected chi connectivity index (χ4v) is 4.18. The Balaban J connectivity index is 1.63. The van der Waals surface area contributed by atoms with Crippen molar-refractivity contribution in [2.45, 2.75) is 58.7 Å². The molecule has 0 bridgehead atoms. The van der Waals surface area contributed by atoms with Crippen molar-refractivity contribution in [3.8, 4) is 0 Å². The Hall–Kier alpha value is -0.160. The van der Waals surface area contributed by atoms with E-state index in [0.717, 1.165) is 51.9 Å². The van der Waals surface area contributed by atoms with E-state index >= 15 is 0 Å². The van der Waals surface area contributed by atoms with Gasteiger partial charge >= 0.3 is 0 Å². The van der Waals surface area contributed by atoms with Crippen molar-refractivity contribution < 1.29 is 10.2 Å². The van der Waals surface area contributed by atoms with Gasteiger partial charge in [-0.1, -0.05) is 6.92 Å². The summed E-state index contributed by atoms with van der Waals surface area (Å²) >= 11 is 0. The Kier molecular flexibility index (Phi) is 7.13. The summed E-state index contributed by atoms with van der Waals surface area (Å²) in [6, 6.07) is 0. The van der Waals surface area contributed by atoms with Crippen LogP contribution in [0.3, 0.4) is 0 Å². The van der Waals surface area contributed by atoms with Gasteiger partial charge in [0.05, 0.1) is 12.2 Å². The van der Waals surface area contributed by atoms with Crippen LogP contribution in [0.5, 0.6) is 0 Å². The summed E-state index contributed by atoms with van der Waals surface area (Å²) in [5.41, 5.74) is 0. The van der Waals surface area contributed by atoms with Gasteiger partial charge in [-0.05, 0) is 83.5 Å². The second-order valence-electron chi connectivity index (χ2n) is 7.86. The smallest absolute Gasteiger partial charge is 0.0541 e. The fraction of sp³-hybridized carbons (Fsp3) is 1.00. The minimum Gasteiger partial charge on any atom is -0.393 e. The van der Waals surface area contributed by atoms with Gasteiger partial charge in [0.25, 0.3) is 0 Å². The lowest BCUT2D eigenvalue weighted by atomic mass is 9.91. The zero-order valence-corrected chi connectivity index (χ0v) is 14.7. The normalized spacial score (nSPS) is 27.7. The van der Waals surface area contributed by atoms with E-state index < -0.39 is 0 Å². The lowest BCUT2D eigenvalue weighted by Crippen LogP contribution is -2.43. The number of hydrogen-bond acceptors (Lipinski definition) is 4. The summed E-state index contributed by atoms with van der Waals surface area (Å²) < 4.78 is 0. The van der Waals surface area contributed by atoms with Crippen LogP contribution in [0.4, 0.5) is 0 Å². The molecular weight excluding hydrogens is 276 g/mol. The van der Waals surface area contributed by atoms with Crippen LogP contribution in [-0.4, -0.2) is 71.5 Å². The van der Waals surface area contributed by atoms with Crippen LogP contribution in [0.2, 0.25) is 0 Å². The summed E-state index contributed by atoms with van der Waals surface area (Å²) in [5, 5.41) is 19.4. The first-order chi connectivity index (χ1) is 10.5. The lowest BCUT2D eigenvalue weighted by molar-refractivity contribution is 0.0535. The van der Waals surface area contributed by atoms with E-state index in [1.165, 1.54) is 13.1 Å². The highest BCUT2D eigenvalue weighted by atomic mass is 16.3. The van der Waals surface area contributed by atoms with E-state index in [1.807, 2.05) is 13.8 Å². The van der Waals surface area contributed by atoms with Gasteiger partial charge in [0.15, 0.2) is 0 Å². The number of rotatable bonds is 6. The van der Waals surface area contributed by atoms with Gasteiger partial charge in [0, 0.05) is 13.1 Å². The topological polar surface area (TPSA) is 46.9 Å². The maximum absolute atomic E-state index is 9.68. The third-order valence-corrected chi connectivity index (χ3v) is 5.77. The highest BCUT2D eigenvalue weighted by Crippen LogP contribution is 2.23. The maximum Gasteiger partial charge on any atom is 0.0541 e. The summed E-state index contributed by atoms with van der Waals surface area (Å²) in [4.78, 5) is 5.15. The molecule has 0 radical (unpaired) electrons. The van der Waals surface area contributed by atoms with Crippen LogP contribution in [0.1, 0.15) is 46.5 Å². The molecular formula is C18H36N2O2. The summed E-state index contributed by atoms with van der Waals surface area (Å²) in [6.45, 7) is 13.2. The van der Waals surface area contributed by atoms with Gasteiger partial charge in [-0.15, -0.1) is 0 Å². The lowest BCUT2D eigenvalue weighted by Gasteiger charge is -2.37. The number of aliphatic hydroxyl groups is 2. The molecule has 2 fully saturated rings. The summed E-state index contributed by atoms with van der Waals surface area (Å²) in [5.74, 6) is 1.71. The van der Waals surface area contributed by atoms with Crippen LogP contribution in [0.25, 0.3) is 0 Å². The third-order valence-electron chi connectivity index (χ3n) is 5.77. The number of piperidine rings is 2. The first-order valence-corrected chi connectivity index (χ1v) is 9.26. The largest absolute Gasteiger partial charge is 0.393 e. The fourth-order valence-electron chi connectivity index (χ4n) is 4.18. The first kappa shape index (κ1) is 18.2. The zero-order valence-electron chi connectivity index (χ0n) is 14.7. The molecule has 2 aliphatic heterocycles. The molecule has 4 heteroatoms. The molecule has 4 nitrogen and oxygen atoms in total. The van der Waals surface area contributed by atoms with Crippen LogP contribution >= 0.6 is 0 Å². The van der Waals surface area contributed by atoms with Crippen molar-refractivity contribution in [1.29, 1.82) is 0 Å². The van der Waals surface area contributed by atoms with Gasteiger partial charge in [0.2, 0.25) is 0 Å². The molecule has 0 saturated carbocycles. The molecule has 0 aromatic rings. The molecule has 0 aromatic heterocycles. The number of hydrogen-bond donors (Lipinski definition) is 2. The molecule has 2 aliphatic rings. The monoisotopic (exact) mass is 312 g/mol. The molecule has 0 aromatic carbocycles. The van der Waals surface area contributed by atoms with E-state index in [-0.39, 0.29) is 12.2 Å². The maximum atomic E-state index is 9.68. The Bertz CT molecular complexity index is 276. The Morgan fingerprint density at radius 2 is 1.05 bits per heavy atom. The number of nitrogens with zero attached hydrogens (tertiary/aromatic N) is 2. The minimum atomic E-state index is -0.144. The highest BCUT2D eigenvalue weighted by Gasteiger charge is 2.26. The van der Waals surface area contributed by atoms with Gasteiger partial charge in [-0.3, -0.25) is 0 Å². The molecule has 0 spiro atoms. The van der Waals surface area contributed by atoms with Crippen LogP contribution in [0, 0.1) is 17.8 Å². The van der Waals surface area contributed by atoms with Gasteiger partial charge in [0.1, 0.15) is 0 Å². The van der Waals surface area contributed by atoms with E-state index in [1.54, 1.807) is 0 Å². The molecule has 2 rings (SSSR count). The predicted octanol–water partition coefficient (Wildman–Crippen LogP) is 1.81. The van der Waals surface area contributed by atoms with Crippen LogP contribution in [-0.2, 0) is 0 Å². The van der Waals surface area contributed by atoms with Gasteiger partial charge in [-0.2, -0.15) is 0 Å². The average molecular weight is 312 g/mol. The Morgan fingerprint density at radius 1 is 0.727 bits per heavy atom. The van der Waals surface area contributed by atoms with Crippen molar-refractivity contribution in [3.63, 3.8) is 0 Å². The first-order valence-electron chi connectivity index (χ1n) is 9.26. The van der Waals surface area contributed by atoms with E-state index in [0.29, 0.717) is 17.8 Å². The molecule has 0 amide bonds. The summed E-state index contributed by atoms with van der Waals surface area (Å²) in [7, 11) is 0. The predicted molar refractivity (Wildman–Crippen MR) is 90.9 cm³/mol.